The van der Waals surface area contributed by atoms with Crippen LogP contribution >= 0.6 is 0 Å². The summed E-state index contributed by atoms with van der Waals surface area (Å²) in [5.41, 5.74) is 0.971. The summed E-state index contributed by atoms with van der Waals surface area (Å²) in [6.07, 6.45) is 7.43. The molecule has 1 heterocycles. The zero-order chi connectivity index (χ0) is 11.4. The first-order chi connectivity index (χ1) is 7.83. The largest absolute Gasteiger partial charge is 0.467 e. The molecule has 16 heavy (non-hydrogen) atoms. The van der Waals surface area contributed by atoms with E-state index in [9.17, 15) is 4.79 Å². The summed E-state index contributed by atoms with van der Waals surface area (Å²) >= 11 is 0. The van der Waals surface area contributed by atoms with Crippen LogP contribution in [0.3, 0.4) is 0 Å². The minimum Gasteiger partial charge on any atom is -0.467 e. The van der Waals surface area contributed by atoms with Gasteiger partial charge in [0.25, 0.3) is 0 Å². The number of methoxy groups -OCH3 is 1. The first kappa shape index (κ1) is 10.5. The topological polar surface area (TPSA) is 29.5 Å². The molecular weight excluding hydrogens is 202 g/mol. The number of anilines is 1. The number of carbonyl (C=O) groups excluding carboxylic acids is 1. The van der Waals surface area contributed by atoms with E-state index in [1.807, 2.05) is 59.7 Å². The molecule has 0 N–H and O–H groups in total. The minimum atomic E-state index is -0.377. The molecule has 3 nitrogen and oxygen atoms in total. The van der Waals surface area contributed by atoms with Crippen molar-refractivity contribution in [2.24, 2.45) is 0 Å². The summed E-state index contributed by atoms with van der Waals surface area (Å²) in [5.74, 6) is -0.260. The molecule has 82 valence electrons. The lowest BCUT2D eigenvalue weighted by Gasteiger charge is -2.28. The Morgan fingerprint density at radius 1 is 1.25 bits per heavy atom. The van der Waals surface area contributed by atoms with Crippen LogP contribution in [0, 0.1) is 0 Å². The molecule has 0 spiro atoms. The van der Waals surface area contributed by atoms with E-state index in [0.29, 0.717) is 0 Å². The first-order valence-electron chi connectivity index (χ1n) is 5.09. The average Bonchev–Trinajstić information content (AvgIpc) is 2.39. The Bertz CT molecular complexity index is 423. The van der Waals surface area contributed by atoms with Gasteiger partial charge in [-0.15, -0.1) is 0 Å². The molecule has 3 heteroatoms. The smallest absolute Gasteiger partial charge is 0.332 e. The quantitative estimate of drug-likeness (QED) is 0.708. The third-order valence-electron chi connectivity index (χ3n) is 2.45. The monoisotopic (exact) mass is 215 g/mol. The van der Waals surface area contributed by atoms with Crippen LogP contribution in [0.5, 0.6) is 0 Å². The van der Waals surface area contributed by atoms with Crippen LogP contribution in [-0.4, -0.2) is 19.1 Å². The van der Waals surface area contributed by atoms with Gasteiger partial charge in [0.05, 0.1) is 7.11 Å². The second kappa shape index (κ2) is 4.66. The lowest BCUT2D eigenvalue weighted by molar-refractivity contribution is -0.140. The van der Waals surface area contributed by atoms with Gasteiger partial charge in [-0.3, -0.25) is 0 Å². The maximum Gasteiger partial charge on any atom is 0.332 e. The van der Waals surface area contributed by atoms with Crippen molar-refractivity contribution in [3.8, 4) is 0 Å². The van der Waals surface area contributed by atoms with E-state index in [1.165, 1.54) is 7.11 Å². The van der Waals surface area contributed by atoms with Crippen molar-refractivity contribution in [3.63, 3.8) is 0 Å². The van der Waals surface area contributed by atoms with Gasteiger partial charge in [-0.1, -0.05) is 30.4 Å². The Labute approximate surface area is 94.6 Å². The van der Waals surface area contributed by atoms with Crippen molar-refractivity contribution in [1.29, 1.82) is 0 Å². The van der Waals surface area contributed by atoms with Crippen LogP contribution in [0.2, 0.25) is 0 Å². The summed E-state index contributed by atoms with van der Waals surface area (Å²) in [5, 5.41) is 0. The van der Waals surface area contributed by atoms with Gasteiger partial charge in [-0.25, -0.2) is 4.79 Å². The predicted octanol–water partition coefficient (Wildman–Crippen LogP) is 2.12. The molecule has 0 saturated carbocycles. The summed E-state index contributed by atoms with van der Waals surface area (Å²) in [6.45, 7) is 0. The lowest BCUT2D eigenvalue weighted by Crippen LogP contribution is -2.38. The number of hydrogen-bond donors (Lipinski definition) is 0. The van der Waals surface area contributed by atoms with Crippen molar-refractivity contribution in [2.75, 3.05) is 12.0 Å². The van der Waals surface area contributed by atoms with E-state index in [1.54, 1.807) is 0 Å². The van der Waals surface area contributed by atoms with Gasteiger partial charge >= 0.3 is 5.97 Å². The summed E-state index contributed by atoms with van der Waals surface area (Å²) in [6, 6.07) is 9.36. The fraction of sp³-hybridized carbons (Fsp3) is 0.154. The van der Waals surface area contributed by atoms with Crippen molar-refractivity contribution in [3.05, 3.63) is 54.8 Å². The van der Waals surface area contributed by atoms with E-state index in [4.69, 9.17) is 4.74 Å². The Morgan fingerprint density at radius 3 is 2.69 bits per heavy atom. The number of allylic oxidation sites excluding steroid dienone is 2. The number of esters is 1. The molecule has 0 aliphatic carbocycles. The first-order valence-corrected chi connectivity index (χ1v) is 5.09. The van der Waals surface area contributed by atoms with Gasteiger partial charge in [0.15, 0.2) is 0 Å². The molecular formula is C13H13NO2. The van der Waals surface area contributed by atoms with Gasteiger partial charge in [0.1, 0.15) is 6.04 Å². The van der Waals surface area contributed by atoms with Crippen LogP contribution in [0.4, 0.5) is 5.69 Å². The Balaban J connectivity index is 2.29. The fourth-order valence-corrected chi connectivity index (χ4v) is 1.66. The highest BCUT2D eigenvalue weighted by molar-refractivity contribution is 5.83. The highest BCUT2D eigenvalue weighted by Crippen LogP contribution is 2.20. The maximum absolute atomic E-state index is 11.6. The molecule has 1 atom stereocenters. The van der Waals surface area contributed by atoms with Gasteiger partial charge in [-0.05, 0) is 18.2 Å². The number of nitrogens with zero attached hydrogens (tertiary/aromatic N) is 1. The molecule has 1 aliphatic heterocycles. The summed E-state index contributed by atoms with van der Waals surface area (Å²) in [4.78, 5) is 13.5. The Hall–Kier alpha value is -2.03. The van der Waals surface area contributed by atoms with Crippen molar-refractivity contribution in [2.45, 2.75) is 6.04 Å². The number of hydrogen-bond acceptors (Lipinski definition) is 3. The van der Waals surface area contributed by atoms with Gasteiger partial charge in [0, 0.05) is 11.9 Å². The molecule has 2 rings (SSSR count). The van der Waals surface area contributed by atoms with Crippen LogP contribution in [0.25, 0.3) is 0 Å². The molecule has 0 aromatic heterocycles. The molecule has 0 bridgehead atoms. The second-order valence-electron chi connectivity index (χ2n) is 3.44. The number of rotatable bonds is 2. The number of benzene rings is 1. The summed E-state index contributed by atoms with van der Waals surface area (Å²) < 4.78 is 4.78. The Kier molecular flexibility index (Phi) is 3.05. The molecule has 0 fully saturated rings. The molecule has 1 aromatic rings. The standard InChI is InChI=1S/C13H13NO2/c1-16-13(15)12-9-5-6-10-14(12)11-7-3-2-4-8-11/h2-10,12H,1H3. The maximum atomic E-state index is 11.6. The molecule has 0 radical (unpaired) electrons. The molecule has 1 aliphatic rings. The number of para-hydroxylation sites is 1. The zero-order valence-electron chi connectivity index (χ0n) is 9.04. The fourth-order valence-electron chi connectivity index (χ4n) is 1.66. The summed E-state index contributed by atoms with van der Waals surface area (Å²) in [7, 11) is 1.40. The normalized spacial score (nSPS) is 18.6. The second-order valence-corrected chi connectivity index (χ2v) is 3.44. The van der Waals surface area contributed by atoms with E-state index < -0.39 is 0 Å². The van der Waals surface area contributed by atoms with E-state index >= 15 is 0 Å². The average molecular weight is 215 g/mol. The van der Waals surface area contributed by atoms with Gasteiger partial charge in [0.2, 0.25) is 0 Å². The molecule has 1 aromatic carbocycles. The molecule has 1 unspecified atom stereocenters. The van der Waals surface area contributed by atoms with Crippen molar-refractivity contribution >= 4 is 11.7 Å². The number of carbonyl (C=O) groups is 1. The van der Waals surface area contributed by atoms with Gasteiger partial charge in [-0.2, -0.15) is 0 Å². The van der Waals surface area contributed by atoms with Crippen molar-refractivity contribution < 1.29 is 9.53 Å². The van der Waals surface area contributed by atoms with Crippen molar-refractivity contribution in [1.82, 2.24) is 0 Å². The van der Waals surface area contributed by atoms with Crippen LogP contribution < -0.4 is 4.90 Å². The van der Waals surface area contributed by atoms with E-state index in [2.05, 4.69) is 0 Å². The van der Waals surface area contributed by atoms with Crippen LogP contribution in [0.15, 0.2) is 54.8 Å². The predicted molar refractivity (Wildman–Crippen MR) is 63.0 cm³/mol. The third-order valence-corrected chi connectivity index (χ3v) is 2.45. The van der Waals surface area contributed by atoms with Gasteiger partial charge < -0.3 is 9.64 Å². The minimum absolute atomic E-state index is 0.260. The van der Waals surface area contributed by atoms with E-state index in [0.717, 1.165) is 5.69 Å². The third kappa shape index (κ3) is 1.98. The number of ether oxygens (including phenoxy) is 1. The lowest BCUT2D eigenvalue weighted by atomic mass is 10.1. The molecule has 0 amide bonds. The van der Waals surface area contributed by atoms with E-state index in [-0.39, 0.29) is 12.0 Å². The molecule has 0 saturated heterocycles. The zero-order valence-corrected chi connectivity index (χ0v) is 9.04. The SMILES string of the molecule is COC(=O)C1C=CC=CN1c1ccccc1. The highest BCUT2D eigenvalue weighted by atomic mass is 16.5. The highest BCUT2D eigenvalue weighted by Gasteiger charge is 2.24. The Morgan fingerprint density at radius 2 is 2.00 bits per heavy atom. The van der Waals surface area contributed by atoms with Crippen LogP contribution in [0.1, 0.15) is 0 Å². The van der Waals surface area contributed by atoms with Crippen LogP contribution in [-0.2, 0) is 9.53 Å².